The van der Waals surface area contributed by atoms with Gasteiger partial charge in [0.25, 0.3) is 0 Å². The van der Waals surface area contributed by atoms with E-state index in [9.17, 15) is 14.4 Å². The van der Waals surface area contributed by atoms with E-state index >= 15 is 0 Å². The van der Waals surface area contributed by atoms with Crippen LogP contribution in [0.15, 0.2) is 12.7 Å². The number of unbranched alkanes of at least 4 members (excludes halogenated alkanes) is 7. The first-order valence-electron chi connectivity index (χ1n) is 8.34. The largest absolute Gasteiger partial charge is 0.468 e. The summed E-state index contributed by atoms with van der Waals surface area (Å²) in [6.45, 7) is 4.06. The third kappa shape index (κ3) is 14.8. The van der Waals surface area contributed by atoms with Crippen LogP contribution in [0, 0.1) is 0 Å². The molecule has 23 heavy (non-hydrogen) atoms. The van der Waals surface area contributed by atoms with Gasteiger partial charge in [-0.2, -0.15) is 0 Å². The van der Waals surface area contributed by atoms with Crippen LogP contribution in [0.3, 0.4) is 0 Å². The van der Waals surface area contributed by atoms with E-state index in [-0.39, 0.29) is 18.4 Å². The number of hydrogen-bond donors (Lipinski definition) is 2. The fourth-order valence-electron chi connectivity index (χ4n) is 2.09. The highest BCUT2D eigenvalue weighted by atomic mass is 16.5. The minimum Gasteiger partial charge on any atom is -0.468 e. The summed E-state index contributed by atoms with van der Waals surface area (Å²) in [6, 6.07) is 0. The zero-order valence-electron chi connectivity index (χ0n) is 14.2. The Morgan fingerprint density at radius 2 is 1.48 bits per heavy atom. The van der Waals surface area contributed by atoms with Crippen LogP contribution >= 0.6 is 0 Å². The molecule has 132 valence electrons. The van der Waals surface area contributed by atoms with Gasteiger partial charge >= 0.3 is 5.97 Å². The van der Waals surface area contributed by atoms with Crippen molar-refractivity contribution in [2.45, 2.75) is 57.8 Å². The molecule has 0 aromatic rings. The molecule has 0 aromatic heterocycles. The lowest BCUT2D eigenvalue weighted by Crippen LogP contribution is -2.29. The van der Waals surface area contributed by atoms with E-state index in [1.54, 1.807) is 0 Å². The third-order valence-electron chi connectivity index (χ3n) is 3.47. The Bertz CT molecular complexity index is 370. The van der Waals surface area contributed by atoms with Crippen LogP contribution in [-0.4, -0.2) is 38.0 Å². The van der Waals surface area contributed by atoms with E-state index in [1.165, 1.54) is 32.4 Å². The Morgan fingerprint density at radius 1 is 0.913 bits per heavy atom. The molecule has 0 unspecified atom stereocenters. The Labute approximate surface area is 139 Å². The SMILES string of the molecule is C=CC(=O)NCCCCCCCCCCC(=O)NCC(=O)OC. The molecule has 0 atom stereocenters. The summed E-state index contributed by atoms with van der Waals surface area (Å²) < 4.78 is 4.44. The third-order valence-corrected chi connectivity index (χ3v) is 3.47. The van der Waals surface area contributed by atoms with Gasteiger partial charge in [0.2, 0.25) is 11.8 Å². The Morgan fingerprint density at radius 3 is 2.04 bits per heavy atom. The van der Waals surface area contributed by atoms with Crippen molar-refractivity contribution in [3.8, 4) is 0 Å². The Hall–Kier alpha value is -1.85. The molecule has 0 bridgehead atoms. The van der Waals surface area contributed by atoms with Gasteiger partial charge in [-0.25, -0.2) is 0 Å². The molecule has 0 fully saturated rings. The van der Waals surface area contributed by atoms with E-state index in [0.717, 1.165) is 32.1 Å². The predicted octanol–water partition coefficient (Wildman–Crippen LogP) is 2.09. The van der Waals surface area contributed by atoms with E-state index < -0.39 is 5.97 Å². The van der Waals surface area contributed by atoms with Crippen LogP contribution in [0.1, 0.15) is 57.8 Å². The molecule has 6 nitrogen and oxygen atoms in total. The van der Waals surface area contributed by atoms with Gasteiger partial charge in [0, 0.05) is 13.0 Å². The first kappa shape index (κ1) is 21.1. The predicted molar refractivity (Wildman–Crippen MR) is 89.8 cm³/mol. The molecule has 0 aliphatic heterocycles. The first-order valence-corrected chi connectivity index (χ1v) is 8.34. The molecule has 0 aromatic carbocycles. The van der Waals surface area contributed by atoms with Gasteiger partial charge < -0.3 is 15.4 Å². The van der Waals surface area contributed by atoms with Gasteiger partial charge in [-0.15, -0.1) is 0 Å². The van der Waals surface area contributed by atoms with Crippen LogP contribution in [0.5, 0.6) is 0 Å². The van der Waals surface area contributed by atoms with Crippen LogP contribution in [-0.2, 0) is 19.1 Å². The number of rotatable bonds is 14. The van der Waals surface area contributed by atoms with Gasteiger partial charge in [0.15, 0.2) is 0 Å². The van der Waals surface area contributed by atoms with Crippen molar-refractivity contribution in [1.82, 2.24) is 10.6 Å². The maximum atomic E-state index is 11.4. The normalized spacial score (nSPS) is 9.96. The van der Waals surface area contributed by atoms with E-state index in [0.29, 0.717) is 13.0 Å². The average molecular weight is 326 g/mol. The van der Waals surface area contributed by atoms with Crippen LogP contribution < -0.4 is 10.6 Å². The number of ether oxygens (including phenoxy) is 1. The molecule has 0 saturated carbocycles. The number of carbonyl (C=O) groups is 3. The monoisotopic (exact) mass is 326 g/mol. The van der Waals surface area contributed by atoms with E-state index in [2.05, 4.69) is 21.9 Å². The van der Waals surface area contributed by atoms with Crippen molar-refractivity contribution in [2.75, 3.05) is 20.2 Å². The van der Waals surface area contributed by atoms with Crippen molar-refractivity contribution in [3.05, 3.63) is 12.7 Å². The zero-order chi connectivity index (χ0) is 17.3. The lowest BCUT2D eigenvalue weighted by Gasteiger charge is -2.04. The summed E-state index contributed by atoms with van der Waals surface area (Å²) in [5.41, 5.74) is 0. The van der Waals surface area contributed by atoms with Crippen molar-refractivity contribution in [1.29, 1.82) is 0 Å². The van der Waals surface area contributed by atoms with E-state index in [1.807, 2.05) is 0 Å². The highest BCUT2D eigenvalue weighted by molar-refractivity contribution is 5.86. The number of methoxy groups -OCH3 is 1. The van der Waals surface area contributed by atoms with Gasteiger partial charge in [-0.1, -0.05) is 45.1 Å². The van der Waals surface area contributed by atoms with Crippen molar-refractivity contribution < 1.29 is 19.1 Å². The summed E-state index contributed by atoms with van der Waals surface area (Å²) in [7, 11) is 1.30. The maximum absolute atomic E-state index is 11.4. The zero-order valence-corrected chi connectivity index (χ0v) is 14.2. The summed E-state index contributed by atoms with van der Waals surface area (Å²) in [5.74, 6) is -0.639. The fraction of sp³-hybridized carbons (Fsp3) is 0.706. The number of carbonyl (C=O) groups excluding carboxylic acids is 3. The minimum atomic E-state index is -0.428. The van der Waals surface area contributed by atoms with Crippen molar-refractivity contribution in [2.24, 2.45) is 0 Å². The molecular weight excluding hydrogens is 296 g/mol. The van der Waals surface area contributed by atoms with Crippen molar-refractivity contribution in [3.63, 3.8) is 0 Å². The second kappa shape index (κ2) is 15.1. The van der Waals surface area contributed by atoms with Crippen LogP contribution in [0.25, 0.3) is 0 Å². The van der Waals surface area contributed by atoms with Gasteiger partial charge in [0.05, 0.1) is 7.11 Å². The molecule has 0 rings (SSSR count). The first-order chi connectivity index (χ1) is 11.1. The second-order valence-electron chi connectivity index (χ2n) is 5.43. The molecule has 0 aliphatic rings. The molecule has 6 heteroatoms. The maximum Gasteiger partial charge on any atom is 0.325 e. The molecular formula is C17H30N2O4. The highest BCUT2D eigenvalue weighted by Gasteiger charge is 2.04. The number of esters is 1. The van der Waals surface area contributed by atoms with Crippen LogP contribution in [0.2, 0.25) is 0 Å². The fourth-order valence-corrected chi connectivity index (χ4v) is 2.09. The molecule has 0 heterocycles. The molecule has 0 spiro atoms. The summed E-state index contributed by atoms with van der Waals surface area (Å²) in [5, 5.41) is 5.29. The minimum absolute atomic E-state index is 0.0530. The molecule has 0 aliphatic carbocycles. The molecule has 0 saturated heterocycles. The summed E-state index contributed by atoms with van der Waals surface area (Å²) in [4.78, 5) is 33.2. The average Bonchev–Trinajstić information content (AvgIpc) is 2.56. The summed E-state index contributed by atoms with van der Waals surface area (Å²) >= 11 is 0. The summed E-state index contributed by atoms with van der Waals surface area (Å²) in [6.07, 6.45) is 10.4. The topological polar surface area (TPSA) is 84.5 Å². The van der Waals surface area contributed by atoms with E-state index in [4.69, 9.17) is 0 Å². The molecule has 0 radical (unpaired) electrons. The highest BCUT2D eigenvalue weighted by Crippen LogP contribution is 2.09. The van der Waals surface area contributed by atoms with Gasteiger partial charge in [-0.3, -0.25) is 14.4 Å². The number of hydrogen-bond acceptors (Lipinski definition) is 4. The lowest BCUT2D eigenvalue weighted by molar-refractivity contribution is -0.141. The number of nitrogens with one attached hydrogen (secondary N) is 2. The number of amides is 2. The quantitative estimate of drug-likeness (QED) is 0.291. The van der Waals surface area contributed by atoms with Gasteiger partial charge in [-0.05, 0) is 18.9 Å². The lowest BCUT2D eigenvalue weighted by atomic mass is 10.1. The Kier molecular flexibility index (Phi) is 13.8. The standard InChI is InChI=1S/C17H30N2O4/c1-3-15(20)18-13-11-9-7-5-4-6-8-10-12-16(21)19-14-17(22)23-2/h3H,1,4-14H2,2H3,(H,18,20)(H,19,21). The molecule has 2 amide bonds. The van der Waals surface area contributed by atoms with Gasteiger partial charge in [0.1, 0.15) is 6.54 Å². The smallest absolute Gasteiger partial charge is 0.325 e. The van der Waals surface area contributed by atoms with Crippen LogP contribution in [0.4, 0.5) is 0 Å². The Balaban J connectivity index is 3.24. The van der Waals surface area contributed by atoms with Crippen molar-refractivity contribution >= 4 is 17.8 Å². The molecule has 2 N–H and O–H groups in total. The second-order valence-corrected chi connectivity index (χ2v) is 5.43.